The molecule has 0 aliphatic carbocycles. The van der Waals surface area contributed by atoms with Crippen LogP contribution in [0.4, 0.5) is 0 Å². The first kappa shape index (κ1) is 15.7. The van der Waals surface area contributed by atoms with E-state index in [1.54, 1.807) is 0 Å². The van der Waals surface area contributed by atoms with Crippen LogP contribution in [0, 0.1) is 0 Å². The third kappa shape index (κ3) is 13.7. The summed E-state index contributed by atoms with van der Waals surface area (Å²) in [7, 11) is 0. The molecule has 0 aromatic heterocycles. The van der Waals surface area contributed by atoms with Crippen molar-refractivity contribution in [2.75, 3.05) is 13.2 Å². The fraction of sp³-hybridized carbons (Fsp3) is 0.867. The number of hydrogen-bond donors (Lipinski definition) is 0. The zero-order valence-electron chi connectivity index (χ0n) is 11.3. The first-order valence-electron chi connectivity index (χ1n) is 7.14. The molecule has 16 heavy (non-hydrogen) atoms. The highest BCUT2D eigenvalue weighted by atomic mass is 16.5. The Morgan fingerprint density at radius 3 is 2.19 bits per heavy atom. The minimum Gasteiger partial charge on any atom is -0.381 e. The number of allylic oxidation sites excluding steroid dienone is 2. The highest BCUT2D eigenvalue weighted by Crippen LogP contribution is 2.05. The first-order chi connectivity index (χ1) is 7.91. The summed E-state index contributed by atoms with van der Waals surface area (Å²) < 4.78 is 5.59. The molecule has 96 valence electrons. The summed E-state index contributed by atoms with van der Waals surface area (Å²) in [5.74, 6) is 0. The molecule has 0 aromatic rings. The molecule has 1 heteroatoms. The molecular formula is C15H30O. The van der Waals surface area contributed by atoms with E-state index in [1.807, 2.05) is 0 Å². The number of ether oxygens (including phenoxy) is 1. The highest BCUT2D eigenvalue weighted by Gasteiger charge is 1.91. The second-order valence-corrected chi connectivity index (χ2v) is 4.40. The topological polar surface area (TPSA) is 9.23 Å². The van der Waals surface area contributed by atoms with Crippen LogP contribution in [0.3, 0.4) is 0 Å². The van der Waals surface area contributed by atoms with E-state index in [2.05, 4.69) is 26.0 Å². The van der Waals surface area contributed by atoms with Gasteiger partial charge in [-0.3, -0.25) is 0 Å². The van der Waals surface area contributed by atoms with Crippen LogP contribution in [0.1, 0.15) is 71.6 Å². The molecule has 0 amide bonds. The molecule has 0 N–H and O–H groups in total. The largest absolute Gasteiger partial charge is 0.381 e. The maximum atomic E-state index is 5.59. The Bertz CT molecular complexity index is 140. The molecule has 0 atom stereocenters. The highest BCUT2D eigenvalue weighted by molar-refractivity contribution is 4.79. The monoisotopic (exact) mass is 226 g/mol. The van der Waals surface area contributed by atoms with E-state index in [0.717, 1.165) is 19.6 Å². The van der Waals surface area contributed by atoms with Crippen LogP contribution in [-0.2, 0) is 4.74 Å². The molecule has 1 nitrogen and oxygen atoms in total. The average molecular weight is 226 g/mol. The van der Waals surface area contributed by atoms with Crippen LogP contribution in [0.2, 0.25) is 0 Å². The Morgan fingerprint density at radius 1 is 0.750 bits per heavy atom. The van der Waals surface area contributed by atoms with Crippen LogP contribution in [-0.4, -0.2) is 13.2 Å². The lowest BCUT2D eigenvalue weighted by atomic mass is 10.1. The molecule has 0 fully saturated rings. The van der Waals surface area contributed by atoms with E-state index in [4.69, 9.17) is 4.74 Å². The Balaban J connectivity index is 2.90. The van der Waals surface area contributed by atoms with Crippen molar-refractivity contribution in [2.24, 2.45) is 0 Å². The van der Waals surface area contributed by atoms with Gasteiger partial charge in [-0.05, 0) is 25.7 Å². The van der Waals surface area contributed by atoms with Gasteiger partial charge in [-0.2, -0.15) is 0 Å². The molecule has 0 radical (unpaired) electrons. The van der Waals surface area contributed by atoms with Gasteiger partial charge in [0.25, 0.3) is 0 Å². The molecule has 0 unspecified atom stereocenters. The van der Waals surface area contributed by atoms with Gasteiger partial charge in [0.15, 0.2) is 0 Å². The van der Waals surface area contributed by atoms with Gasteiger partial charge in [0.05, 0.1) is 0 Å². The minimum atomic E-state index is 0.934. The van der Waals surface area contributed by atoms with Crippen LogP contribution in [0.25, 0.3) is 0 Å². The summed E-state index contributed by atoms with van der Waals surface area (Å²) in [5, 5.41) is 0. The van der Waals surface area contributed by atoms with Crippen molar-refractivity contribution in [3.63, 3.8) is 0 Å². The van der Waals surface area contributed by atoms with Crippen molar-refractivity contribution in [3.8, 4) is 0 Å². The van der Waals surface area contributed by atoms with E-state index in [0.29, 0.717) is 0 Å². The smallest absolute Gasteiger partial charge is 0.0468 e. The van der Waals surface area contributed by atoms with Crippen molar-refractivity contribution >= 4 is 0 Å². The zero-order valence-corrected chi connectivity index (χ0v) is 11.3. The predicted octanol–water partition coefficient (Wildman–Crippen LogP) is 5.11. The minimum absolute atomic E-state index is 0.934. The van der Waals surface area contributed by atoms with Gasteiger partial charge in [-0.15, -0.1) is 0 Å². The van der Waals surface area contributed by atoms with Crippen molar-refractivity contribution < 1.29 is 4.74 Å². The fourth-order valence-corrected chi connectivity index (χ4v) is 1.67. The Labute approximate surface area is 102 Å². The van der Waals surface area contributed by atoms with Crippen molar-refractivity contribution in [3.05, 3.63) is 12.2 Å². The molecule has 0 aliphatic heterocycles. The molecule has 0 aromatic carbocycles. The summed E-state index contributed by atoms with van der Waals surface area (Å²) >= 11 is 0. The average Bonchev–Trinajstić information content (AvgIpc) is 2.31. The second kappa shape index (κ2) is 14.7. The van der Waals surface area contributed by atoms with Gasteiger partial charge in [-0.1, -0.05) is 58.1 Å². The van der Waals surface area contributed by atoms with Gasteiger partial charge < -0.3 is 4.74 Å². The van der Waals surface area contributed by atoms with Gasteiger partial charge >= 0.3 is 0 Å². The summed E-state index contributed by atoms with van der Waals surface area (Å²) in [4.78, 5) is 0. The Morgan fingerprint density at radius 2 is 1.44 bits per heavy atom. The van der Waals surface area contributed by atoms with Crippen LogP contribution in [0.15, 0.2) is 12.2 Å². The van der Waals surface area contributed by atoms with E-state index >= 15 is 0 Å². The quantitative estimate of drug-likeness (QED) is 0.332. The molecule has 0 heterocycles. The molecule has 0 saturated heterocycles. The SMILES string of the molecule is CC/C=C\CCCOCCCCCCCC. The Hall–Kier alpha value is -0.300. The summed E-state index contributed by atoms with van der Waals surface area (Å²) in [6, 6.07) is 0. The van der Waals surface area contributed by atoms with E-state index in [9.17, 15) is 0 Å². The maximum Gasteiger partial charge on any atom is 0.0468 e. The van der Waals surface area contributed by atoms with Gasteiger partial charge in [-0.25, -0.2) is 0 Å². The number of rotatable bonds is 12. The maximum absolute atomic E-state index is 5.59. The third-order valence-corrected chi connectivity index (χ3v) is 2.70. The molecular weight excluding hydrogens is 196 g/mol. The predicted molar refractivity (Wildman–Crippen MR) is 72.9 cm³/mol. The summed E-state index contributed by atoms with van der Waals surface area (Å²) in [5.41, 5.74) is 0. The van der Waals surface area contributed by atoms with E-state index in [1.165, 1.54) is 51.4 Å². The molecule has 0 rings (SSSR count). The number of hydrogen-bond acceptors (Lipinski definition) is 1. The Kier molecular flexibility index (Phi) is 14.4. The lowest BCUT2D eigenvalue weighted by molar-refractivity contribution is 0.128. The summed E-state index contributed by atoms with van der Waals surface area (Å²) in [6.07, 6.45) is 16.1. The van der Waals surface area contributed by atoms with Gasteiger partial charge in [0.2, 0.25) is 0 Å². The van der Waals surface area contributed by atoms with Crippen LogP contribution >= 0.6 is 0 Å². The van der Waals surface area contributed by atoms with Crippen molar-refractivity contribution in [1.29, 1.82) is 0 Å². The standard InChI is InChI=1S/C15H30O/c1-3-5-7-9-11-13-15-16-14-12-10-8-6-4-2/h6,8H,3-5,7,9-15H2,1-2H3/b8-6-. The molecule has 0 spiro atoms. The van der Waals surface area contributed by atoms with Crippen molar-refractivity contribution in [1.82, 2.24) is 0 Å². The van der Waals surface area contributed by atoms with E-state index in [-0.39, 0.29) is 0 Å². The lowest BCUT2D eigenvalue weighted by Crippen LogP contribution is -1.96. The van der Waals surface area contributed by atoms with Gasteiger partial charge in [0, 0.05) is 13.2 Å². The molecule has 0 aliphatic rings. The normalized spacial score (nSPS) is 11.4. The van der Waals surface area contributed by atoms with E-state index < -0.39 is 0 Å². The summed E-state index contributed by atoms with van der Waals surface area (Å²) in [6.45, 7) is 6.33. The second-order valence-electron chi connectivity index (χ2n) is 4.40. The fourth-order valence-electron chi connectivity index (χ4n) is 1.67. The third-order valence-electron chi connectivity index (χ3n) is 2.70. The van der Waals surface area contributed by atoms with Crippen molar-refractivity contribution in [2.45, 2.75) is 71.6 Å². The molecule has 0 saturated carbocycles. The molecule has 0 bridgehead atoms. The first-order valence-corrected chi connectivity index (χ1v) is 7.14. The number of unbranched alkanes of at least 4 members (excludes halogenated alkanes) is 6. The van der Waals surface area contributed by atoms with Crippen LogP contribution in [0.5, 0.6) is 0 Å². The van der Waals surface area contributed by atoms with Gasteiger partial charge in [0.1, 0.15) is 0 Å². The van der Waals surface area contributed by atoms with Crippen LogP contribution < -0.4 is 0 Å². The lowest BCUT2D eigenvalue weighted by Gasteiger charge is -2.03. The zero-order chi connectivity index (χ0) is 11.9.